The van der Waals surface area contributed by atoms with E-state index < -0.39 is 24.2 Å². The Balaban J connectivity index is 1.48. The lowest BCUT2D eigenvalue weighted by atomic mass is 9.92. The summed E-state index contributed by atoms with van der Waals surface area (Å²) in [4.78, 5) is 4.51. The highest BCUT2D eigenvalue weighted by atomic mass is 19.4. The molecule has 2 aliphatic carbocycles. The maximum Gasteiger partial charge on any atom is 0.395 e. The van der Waals surface area contributed by atoms with Gasteiger partial charge in [-0.2, -0.15) is 29.0 Å². The number of pyridine rings is 1. The molecule has 2 aromatic heterocycles. The van der Waals surface area contributed by atoms with E-state index in [1.807, 2.05) is 29.9 Å². The number of rotatable bonds is 9. The molecule has 228 valence electrons. The highest BCUT2D eigenvalue weighted by molar-refractivity contribution is 6.01. The number of alkyl halides is 3. The van der Waals surface area contributed by atoms with Gasteiger partial charge in [-0.3, -0.25) is 4.98 Å². The molecule has 0 bridgehead atoms. The fourth-order valence-corrected chi connectivity index (χ4v) is 5.92. The van der Waals surface area contributed by atoms with Crippen LogP contribution in [0.3, 0.4) is 0 Å². The quantitative estimate of drug-likeness (QED) is 0.210. The summed E-state index contributed by atoms with van der Waals surface area (Å²) >= 11 is 0. The fourth-order valence-electron chi connectivity index (χ4n) is 5.92. The molecule has 2 aromatic carbocycles. The SMILES string of the molecule is Cc1c(C#N)cccc1[C@H](Nc1cc(C#N)cc2c(NCC(C)(C)C(F)(F)F)c(C#N)cnc12)c1cn(C2(C3CC3)CC2)nn1. The average Bonchev–Trinajstić information content (AvgIpc) is 3.95. The summed E-state index contributed by atoms with van der Waals surface area (Å²) in [7, 11) is 0. The summed E-state index contributed by atoms with van der Waals surface area (Å²) in [5.41, 5.74) is 1.70. The van der Waals surface area contributed by atoms with Crippen molar-refractivity contribution < 1.29 is 13.2 Å². The minimum atomic E-state index is -4.49. The standard InChI is InChI=1S/C33H30F3N9/c1-19-21(14-38)5-4-6-24(19)30(27-17-45(44-43-27)32(9-10-32)23-7-8-23)42-26-12-20(13-37)11-25-28(22(15-39)16-40-29(25)26)41-18-31(2,3)33(34,35)36/h4-6,11-12,16-17,23,30,42H,7-10,18H2,1-3H3,(H,40,41)/t30-/m0/s1. The zero-order chi connectivity index (χ0) is 32.1. The Morgan fingerprint density at radius 1 is 1.07 bits per heavy atom. The van der Waals surface area contributed by atoms with Gasteiger partial charge in [0.25, 0.3) is 0 Å². The number of anilines is 2. The highest BCUT2D eigenvalue weighted by Crippen LogP contribution is 2.59. The van der Waals surface area contributed by atoms with E-state index in [9.17, 15) is 29.0 Å². The first-order chi connectivity index (χ1) is 21.4. The minimum absolute atomic E-state index is 0.00716. The lowest BCUT2D eigenvalue weighted by molar-refractivity contribution is -0.206. The van der Waals surface area contributed by atoms with Crippen molar-refractivity contribution in [1.82, 2.24) is 20.0 Å². The van der Waals surface area contributed by atoms with E-state index in [2.05, 4.69) is 38.1 Å². The minimum Gasteiger partial charge on any atom is -0.382 e. The molecular formula is C33H30F3N9. The van der Waals surface area contributed by atoms with Gasteiger partial charge in [0, 0.05) is 18.1 Å². The Morgan fingerprint density at radius 2 is 1.80 bits per heavy atom. The molecule has 0 saturated heterocycles. The predicted molar refractivity (Wildman–Crippen MR) is 161 cm³/mol. The van der Waals surface area contributed by atoms with Crippen molar-refractivity contribution in [2.45, 2.75) is 64.2 Å². The molecule has 0 spiro atoms. The van der Waals surface area contributed by atoms with Crippen LogP contribution in [0.15, 0.2) is 42.7 Å². The molecule has 1 atom stereocenters. The van der Waals surface area contributed by atoms with E-state index in [1.54, 1.807) is 18.2 Å². The van der Waals surface area contributed by atoms with Crippen LogP contribution in [-0.4, -0.2) is 32.7 Å². The van der Waals surface area contributed by atoms with Crippen LogP contribution in [0.25, 0.3) is 10.9 Å². The van der Waals surface area contributed by atoms with Gasteiger partial charge in [-0.05, 0) is 81.7 Å². The molecule has 0 aliphatic heterocycles. The van der Waals surface area contributed by atoms with Crippen molar-refractivity contribution in [3.05, 3.63) is 76.2 Å². The van der Waals surface area contributed by atoms with E-state index >= 15 is 0 Å². The molecule has 0 amide bonds. The van der Waals surface area contributed by atoms with Crippen molar-refractivity contribution in [3.8, 4) is 18.2 Å². The number of nitriles is 3. The Labute approximate surface area is 258 Å². The maximum absolute atomic E-state index is 13.7. The molecule has 0 unspecified atom stereocenters. The van der Waals surface area contributed by atoms with Crippen LogP contribution in [0.2, 0.25) is 0 Å². The van der Waals surface area contributed by atoms with Crippen LogP contribution in [0.4, 0.5) is 24.5 Å². The second kappa shape index (κ2) is 10.8. The van der Waals surface area contributed by atoms with E-state index in [0.29, 0.717) is 33.8 Å². The molecular weight excluding hydrogens is 579 g/mol. The predicted octanol–water partition coefficient (Wildman–Crippen LogP) is 6.85. The number of nitrogens with one attached hydrogen (secondary N) is 2. The van der Waals surface area contributed by atoms with E-state index in [-0.39, 0.29) is 22.4 Å². The van der Waals surface area contributed by atoms with E-state index in [0.717, 1.165) is 37.8 Å². The van der Waals surface area contributed by atoms with Gasteiger partial charge < -0.3 is 10.6 Å². The number of halogens is 3. The van der Waals surface area contributed by atoms with Crippen LogP contribution >= 0.6 is 0 Å². The first kappa shape index (κ1) is 29.9. The van der Waals surface area contributed by atoms with Crippen LogP contribution in [0.5, 0.6) is 0 Å². The molecule has 0 radical (unpaired) electrons. The maximum atomic E-state index is 13.7. The topological polar surface area (TPSA) is 139 Å². The van der Waals surface area contributed by atoms with Crippen LogP contribution in [0, 0.1) is 52.2 Å². The largest absolute Gasteiger partial charge is 0.395 e. The molecule has 2 saturated carbocycles. The Morgan fingerprint density at radius 3 is 2.42 bits per heavy atom. The Bertz CT molecular complexity index is 1930. The van der Waals surface area contributed by atoms with Crippen LogP contribution < -0.4 is 10.6 Å². The van der Waals surface area contributed by atoms with Gasteiger partial charge >= 0.3 is 6.18 Å². The third kappa shape index (κ3) is 5.29. The number of benzene rings is 2. The van der Waals surface area contributed by atoms with Crippen LogP contribution in [0.1, 0.15) is 79.1 Å². The third-order valence-corrected chi connectivity index (χ3v) is 9.17. The molecule has 2 aliphatic rings. The van der Waals surface area contributed by atoms with Crippen molar-refractivity contribution in [3.63, 3.8) is 0 Å². The molecule has 9 nitrogen and oxygen atoms in total. The van der Waals surface area contributed by atoms with Gasteiger partial charge in [0.2, 0.25) is 0 Å². The number of nitrogens with zero attached hydrogens (tertiary/aromatic N) is 7. The molecule has 12 heteroatoms. The van der Waals surface area contributed by atoms with Gasteiger partial charge in [-0.1, -0.05) is 17.3 Å². The van der Waals surface area contributed by atoms with Crippen molar-refractivity contribution in [1.29, 1.82) is 15.8 Å². The molecule has 2 heterocycles. The van der Waals surface area contributed by atoms with Gasteiger partial charge in [-0.25, -0.2) is 4.68 Å². The number of fused-ring (bicyclic) bond motifs is 1. The fraction of sp³-hybridized carbons (Fsp3) is 0.394. The second-order valence-electron chi connectivity index (χ2n) is 12.6. The van der Waals surface area contributed by atoms with Gasteiger partial charge in [0.1, 0.15) is 11.8 Å². The van der Waals surface area contributed by atoms with Crippen molar-refractivity contribution >= 4 is 22.3 Å². The number of aromatic nitrogens is 4. The number of hydrogen-bond donors (Lipinski definition) is 2. The summed E-state index contributed by atoms with van der Waals surface area (Å²) in [6.07, 6.45) is 3.18. The molecule has 2 N–H and O–H groups in total. The smallest absolute Gasteiger partial charge is 0.382 e. The molecule has 2 fully saturated rings. The Kier molecular flexibility index (Phi) is 7.16. The average molecular weight is 610 g/mol. The van der Waals surface area contributed by atoms with E-state index in [1.165, 1.54) is 25.1 Å². The third-order valence-electron chi connectivity index (χ3n) is 9.17. The first-order valence-corrected chi connectivity index (χ1v) is 14.7. The first-order valence-electron chi connectivity index (χ1n) is 14.7. The molecule has 6 rings (SSSR count). The lowest BCUT2D eigenvalue weighted by Gasteiger charge is -2.29. The summed E-state index contributed by atoms with van der Waals surface area (Å²) in [6, 6.07) is 14.3. The summed E-state index contributed by atoms with van der Waals surface area (Å²) in [5, 5.41) is 45.3. The normalized spacial score (nSPS) is 16.3. The highest BCUT2D eigenvalue weighted by Gasteiger charge is 2.56. The number of hydrogen-bond acceptors (Lipinski definition) is 8. The van der Waals surface area contributed by atoms with Crippen LogP contribution in [-0.2, 0) is 5.54 Å². The summed E-state index contributed by atoms with van der Waals surface area (Å²) in [5.74, 6) is 0.588. The van der Waals surface area contributed by atoms with Gasteiger partial charge in [0.05, 0.1) is 68.9 Å². The summed E-state index contributed by atoms with van der Waals surface area (Å²) in [6.45, 7) is 3.50. The lowest BCUT2D eigenvalue weighted by Crippen LogP contribution is -2.38. The van der Waals surface area contributed by atoms with E-state index in [4.69, 9.17) is 0 Å². The van der Waals surface area contributed by atoms with Crippen molar-refractivity contribution in [2.75, 3.05) is 17.2 Å². The van der Waals surface area contributed by atoms with Gasteiger partial charge in [-0.15, -0.1) is 5.10 Å². The zero-order valence-electron chi connectivity index (χ0n) is 25.0. The Hall–Kier alpha value is -5.15. The monoisotopic (exact) mass is 609 g/mol. The van der Waals surface area contributed by atoms with Crippen molar-refractivity contribution in [2.24, 2.45) is 11.3 Å². The zero-order valence-corrected chi connectivity index (χ0v) is 25.0. The molecule has 4 aromatic rings. The summed E-state index contributed by atoms with van der Waals surface area (Å²) < 4.78 is 43.0. The molecule has 45 heavy (non-hydrogen) atoms. The van der Waals surface area contributed by atoms with Gasteiger partial charge in [0.15, 0.2) is 0 Å². The second-order valence-corrected chi connectivity index (χ2v) is 12.6.